The van der Waals surface area contributed by atoms with Crippen molar-refractivity contribution in [2.24, 2.45) is 5.41 Å². The molecule has 0 atom stereocenters. The lowest BCUT2D eigenvalue weighted by molar-refractivity contribution is -0.125. The Morgan fingerprint density at radius 2 is 1.89 bits per heavy atom. The van der Waals surface area contributed by atoms with Crippen molar-refractivity contribution in [3.05, 3.63) is 53.6 Å². The molecule has 5 heteroatoms. The molecule has 1 aliphatic heterocycles. The van der Waals surface area contributed by atoms with Crippen LogP contribution in [0.1, 0.15) is 43.6 Å². The Hall–Kier alpha value is -2.27. The average Bonchev–Trinajstić information content (AvgIpc) is 3.04. The number of nitrogens with one attached hydrogen (secondary N) is 1. The van der Waals surface area contributed by atoms with Crippen LogP contribution in [0, 0.1) is 5.41 Å². The minimum atomic E-state index is -0.433. The van der Waals surface area contributed by atoms with Gasteiger partial charge in [0.05, 0.1) is 5.56 Å². The standard InChI is InChI=1S/C22H26N2O2S/c1-5-27-19-9-7-6-8-17(19)20(25)23-16-11-10-15-12-13-24(18(15)14-16)21(26)22(2,3)4/h6-11,14H,5,12-13H2,1-4H3,(H,23,25). The summed E-state index contributed by atoms with van der Waals surface area (Å²) in [6.07, 6.45) is 0.849. The quantitative estimate of drug-likeness (QED) is 0.758. The van der Waals surface area contributed by atoms with Crippen LogP contribution in [0.25, 0.3) is 0 Å². The van der Waals surface area contributed by atoms with Crippen molar-refractivity contribution in [3.63, 3.8) is 0 Å². The zero-order valence-electron chi connectivity index (χ0n) is 16.3. The van der Waals surface area contributed by atoms with Crippen LogP contribution >= 0.6 is 11.8 Å². The molecule has 0 bridgehead atoms. The van der Waals surface area contributed by atoms with Crippen molar-refractivity contribution in [2.75, 3.05) is 22.5 Å². The predicted octanol–water partition coefficient (Wildman–Crippen LogP) is 4.99. The fraction of sp³-hybridized carbons (Fsp3) is 0.364. The van der Waals surface area contributed by atoms with E-state index in [-0.39, 0.29) is 11.8 Å². The van der Waals surface area contributed by atoms with Gasteiger partial charge in [0.2, 0.25) is 5.91 Å². The van der Waals surface area contributed by atoms with Crippen LogP contribution in [0.4, 0.5) is 11.4 Å². The molecule has 2 amide bonds. The summed E-state index contributed by atoms with van der Waals surface area (Å²) in [5.74, 6) is 0.889. The molecule has 0 unspecified atom stereocenters. The average molecular weight is 383 g/mol. The van der Waals surface area contributed by atoms with Gasteiger partial charge in [0, 0.05) is 28.2 Å². The molecule has 3 rings (SSSR count). The molecule has 2 aromatic carbocycles. The highest BCUT2D eigenvalue weighted by Gasteiger charge is 2.32. The van der Waals surface area contributed by atoms with Crippen LogP contribution in [0.5, 0.6) is 0 Å². The summed E-state index contributed by atoms with van der Waals surface area (Å²) in [6, 6.07) is 13.5. The molecule has 2 aromatic rings. The normalized spacial score (nSPS) is 13.4. The van der Waals surface area contributed by atoms with Crippen molar-refractivity contribution < 1.29 is 9.59 Å². The Morgan fingerprint density at radius 3 is 2.59 bits per heavy atom. The molecule has 0 saturated carbocycles. The number of carbonyl (C=O) groups excluding carboxylic acids is 2. The van der Waals surface area contributed by atoms with E-state index < -0.39 is 5.41 Å². The molecule has 142 valence electrons. The maximum atomic E-state index is 12.8. The monoisotopic (exact) mass is 382 g/mol. The molecular formula is C22H26N2O2S. The predicted molar refractivity (Wildman–Crippen MR) is 113 cm³/mol. The van der Waals surface area contributed by atoms with Gasteiger partial charge < -0.3 is 10.2 Å². The summed E-state index contributed by atoms with van der Waals surface area (Å²) in [5.41, 5.74) is 3.00. The topological polar surface area (TPSA) is 49.4 Å². The fourth-order valence-corrected chi connectivity index (χ4v) is 4.01. The van der Waals surface area contributed by atoms with E-state index >= 15 is 0 Å². The zero-order valence-corrected chi connectivity index (χ0v) is 17.2. The first-order valence-corrected chi connectivity index (χ1v) is 10.3. The molecular weight excluding hydrogens is 356 g/mol. The van der Waals surface area contributed by atoms with Crippen LogP contribution in [0.3, 0.4) is 0 Å². The Balaban J connectivity index is 1.84. The van der Waals surface area contributed by atoms with Gasteiger partial charge in [-0.2, -0.15) is 0 Å². The van der Waals surface area contributed by atoms with Gasteiger partial charge in [-0.15, -0.1) is 11.8 Å². The van der Waals surface area contributed by atoms with Gasteiger partial charge in [-0.3, -0.25) is 9.59 Å². The molecule has 1 aliphatic rings. The van der Waals surface area contributed by atoms with Gasteiger partial charge in [-0.1, -0.05) is 45.9 Å². The number of nitrogens with zero attached hydrogens (tertiary/aromatic N) is 1. The van der Waals surface area contributed by atoms with Crippen LogP contribution in [0.15, 0.2) is 47.4 Å². The molecule has 0 aliphatic carbocycles. The summed E-state index contributed by atoms with van der Waals surface area (Å²) in [6.45, 7) is 8.56. The molecule has 0 fully saturated rings. The van der Waals surface area contributed by atoms with Crippen molar-refractivity contribution >= 4 is 35.0 Å². The first kappa shape index (κ1) is 19.5. The number of carbonyl (C=O) groups is 2. The van der Waals surface area contributed by atoms with Gasteiger partial charge in [-0.25, -0.2) is 0 Å². The molecule has 1 heterocycles. The molecule has 0 aromatic heterocycles. The van der Waals surface area contributed by atoms with Crippen molar-refractivity contribution in [3.8, 4) is 0 Å². The first-order valence-electron chi connectivity index (χ1n) is 9.29. The third-order valence-corrected chi connectivity index (χ3v) is 5.51. The Morgan fingerprint density at radius 1 is 1.15 bits per heavy atom. The lowest BCUT2D eigenvalue weighted by Gasteiger charge is -2.26. The summed E-state index contributed by atoms with van der Waals surface area (Å²) < 4.78 is 0. The summed E-state index contributed by atoms with van der Waals surface area (Å²) in [4.78, 5) is 28.3. The second-order valence-corrected chi connectivity index (χ2v) is 8.99. The minimum absolute atomic E-state index is 0.106. The van der Waals surface area contributed by atoms with Crippen LogP contribution < -0.4 is 10.2 Å². The van der Waals surface area contributed by atoms with E-state index in [4.69, 9.17) is 0 Å². The van der Waals surface area contributed by atoms with E-state index in [9.17, 15) is 9.59 Å². The second-order valence-electron chi connectivity index (χ2n) is 7.68. The Bertz CT molecular complexity index is 871. The largest absolute Gasteiger partial charge is 0.322 e. The zero-order chi connectivity index (χ0) is 19.6. The SMILES string of the molecule is CCSc1ccccc1C(=O)Nc1ccc2c(c1)N(C(=O)C(C)(C)C)CC2. The lowest BCUT2D eigenvalue weighted by Crippen LogP contribution is -2.38. The fourth-order valence-electron chi connectivity index (χ4n) is 3.21. The van der Waals surface area contributed by atoms with E-state index in [1.54, 1.807) is 11.8 Å². The number of fused-ring (bicyclic) bond motifs is 1. The molecule has 0 spiro atoms. The third kappa shape index (κ3) is 4.19. The van der Waals surface area contributed by atoms with Gasteiger partial charge in [0.25, 0.3) is 5.91 Å². The molecule has 0 saturated heterocycles. The Kier molecular flexibility index (Phi) is 5.61. The maximum Gasteiger partial charge on any atom is 0.256 e. The third-order valence-electron chi connectivity index (χ3n) is 4.56. The van der Waals surface area contributed by atoms with E-state index in [1.807, 2.05) is 68.1 Å². The highest BCUT2D eigenvalue weighted by Crippen LogP contribution is 2.34. The van der Waals surface area contributed by atoms with Gasteiger partial charge in [0.15, 0.2) is 0 Å². The molecule has 0 radical (unpaired) electrons. The van der Waals surface area contributed by atoms with Crippen LogP contribution in [-0.4, -0.2) is 24.1 Å². The van der Waals surface area contributed by atoms with E-state index in [0.29, 0.717) is 17.8 Å². The van der Waals surface area contributed by atoms with E-state index in [0.717, 1.165) is 28.3 Å². The highest BCUT2D eigenvalue weighted by atomic mass is 32.2. The van der Waals surface area contributed by atoms with E-state index in [2.05, 4.69) is 12.2 Å². The number of hydrogen-bond acceptors (Lipinski definition) is 3. The number of benzene rings is 2. The minimum Gasteiger partial charge on any atom is -0.322 e. The number of hydrogen-bond donors (Lipinski definition) is 1. The smallest absolute Gasteiger partial charge is 0.256 e. The van der Waals surface area contributed by atoms with Crippen molar-refractivity contribution in [1.82, 2.24) is 0 Å². The lowest BCUT2D eigenvalue weighted by atomic mass is 9.94. The van der Waals surface area contributed by atoms with Gasteiger partial charge >= 0.3 is 0 Å². The molecule has 1 N–H and O–H groups in total. The second kappa shape index (κ2) is 7.77. The maximum absolute atomic E-state index is 12.8. The van der Waals surface area contributed by atoms with Gasteiger partial charge in [0.1, 0.15) is 0 Å². The number of anilines is 2. The van der Waals surface area contributed by atoms with E-state index in [1.165, 1.54) is 0 Å². The van der Waals surface area contributed by atoms with Gasteiger partial charge in [-0.05, 0) is 42.0 Å². The highest BCUT2D eigenvalue weighted by molar-refractivity contribution is 7.99. The summed E-state index contributed by atoms with van der Waals surface area (Å²) in [7, 11) is 0. The van der Waals surface area contributed by atoms with Crippen LogP contribution in [0.2, 0.25) is 0 Å². The number of thioether (sulfide) groups is 1. The first-order chi connectivity index (χ1) is 12.8. The van der Waals surface area contributed by atoms with Crippen molar-refractivity contribution in [1.29, 1.82) is 0 Å². The molecule has 4 nitrogen and oxygen atoms in total. The van der Waals surface area contributed by atoms with Crippen molar-refractivity contribution in [2.45, 2.75) is 39.0 Å². The number of rotatable bonds is 4. The summed E-state index contributed by atoms with van der Waals surface area (Å²) in [5, 5.41) is 2.99. The summed E-state index contributed by atoms with van der Waals surface area (Å²) >= 11 is 1.65. The Labute approximate surface area is 165 Å². The number of amides is 2. The molecule has 27 heavy (non-hydrogen) atoms. The van der Waals surface area contributed by atoms with Crippen LogP contribution in [-0.2, 0) is 11.2 Å².